The van der Waals surface area contributed by atoms with Crippen LogP contribution in [0.15, 0.2) is 83.8 Å². The Labute approximate surface area is 187 Å². The lowest BCUT2D eigenvalue weighted by Crippen LogP contribution is -2.30. The zero-order chi connectivity index (χ0) is 22.7. The molecule has 0 amide bonds. The van der Waals surface area contributed by atoms with Gasteiger partial charge in [-0.05, 0) is 42.7 Å². The molecule has 32 heavy (non-hydrogen) atoms. The number of carbonyl (C=O) groups is 1. The molecule has 7 heteroatoms. The number of para-hydroxylation sites is 1. The van der Waals surface area contributed by atoms with Crippen LogP contribution in [-0.2, 0) is 16.4 Å². The van der Waals surface area contributed by atoms with E-state index in [1.54, 1.807) is 12.1 Å². The van der Waals surface area contributed by atoms with Gasteiger partial charge < -0.3 is 10.3 Å². The summed E-state index contributed by atoms with van der Waals surface area (Å²) >= 11 is 0. The van der Waals surface area contributed by atoms with Gasteiger partial charge in [0.1, 0.15) is 0 Å². The summed E-state index contributed by atoms with van der Waals surface area (Å²) in [5, 5.41) is 9.48. The summed E-state index contributed by atoms with van der Waals surface area (Å²) in [5.74, 6) is 0.00993. The van der Waals surface area contributed by atoms with Gasteiger partial charge in [0.25, 0.3) is 0 Å². The van der Waals surface area contributed by atoms with Gasteiger partial charge in [-0.1, -0.05) is 60.7 Å². The molecule has 1 heterocycles. The molecule has 0 bridgehead atoms. The number of aryl methyl sites for hydroxylation is 1. The van der Waals surface area contributed by atoms with Crippen LogP contribution >= 0.6 is 0 Å². The number of hydrogen-bond acceptors (Lipinski definition) is 4. The molecular formula is C25H25N3O3S. The third kappa shape index (κ3) is 4.65. The van der Waals surface area contributed by atoms with E-state index in [1.165, 1.54) is 12.1 Å². The molecule has 0 saturated carbocycles. The minimum atomic E-state index is -3.71. The first-order chi connectivity index (χ1) is 15.3. The lowest BCUT2D eigenvalue weighted by Gasteiger charge is -2.19. The van der Waals surface area contributed by atoms with E-state index in [0.29, 0.717) is 18.5 Å². The normalized spacial score (nSPS) is 12.7. The van der Waals surface area contributed by atoms with Crippen LogP contribution in [0.4, 0.5) is 0 Å². The quantitative estimate of drug-likeness (QED) is 0.357. The largest absolute Gasteiger partial charge is 0.358 e. The van der Waals surface area contributed by atoms with Crippen LogP contribution in [0.2, 0.25) is 0 Å². The molecule has 4 rings (SSSR count). The SMILES string of the molecule is Cc1[nH]c2ccccc2c1C(=O)C(NCCc1ccc(S(N)(=O)=O)cc1)c1ccccc1. The topological polar surface area (TPSA) is 105 Å². The van der Waals surface area contributed by atoms with E-state index in [4.69, 9.17) is 5.14 Å². The molecule has 0 saturated heterocycles. The predicted molar refractivity (Wildman–Crippen MR) is 126 cm³/mol. The second-order valence-electron chi connectivity index (χ2n) is 7.77. The molecule has 4 N–H and O–H groups in total. The number of sulfonamides is 1. The fourth-order valence-electron chi connectivity index (χ4n) is 3.95. The lowest BCUT2D eigenvalue weighted by molar-refractivity contribution is 0.0944. The van der Waals surface area contributed by atoms with E-state index >= 15 is 0 Å². The van der Waals surface area contributed by atoms with Crippen LogP contribution in [-0.4, -0.2) is 25.7 Å². The van der Waals surface area contributed by atoms with Gasteiger partial charge in [0.2, 0.25) is 10.0 Å². The standard InChI is InChI=1S/C25H25N3O3S/c1-17-23(21-9-5-6-10-22(21)28-17)25(29)24(19-7-3-2-4-8-19)27-16-15-18-11-13-20(14-12-18)32(26,30)31/h2-14,24,27-28H,15-16H2,1H3,(H2,26,30,31). The summed E-state index contributed by atoms with van der Waals surface area (Å²) < 4.78 is 22.9. The average Bonchev–Trinajstić information content (AvgIpc) is 3.12. The highest BCUT2D eigenvalue weighted by Gasteiger charge is 2.25. The van der Waals surface area contributed by atoms with Crippen LogP contribution in [0.5, 0.6) is 0 Å². The molecule has 0 fully saturated rings. The van der Waals surface area contributed by atoms with Crippen molar-refractivity contribution >= 4 is 26.7 Å². The number of fused-ring (bicyclic) bond motifs is 1. The molecule has 1 unspecified atom stereocenters. The fourth-order valence-corrected chi connectivity index (χ4v) is 4.47. The van der Waals surface area contributed by atoms with Crippen molar-refractivity contribution in [3.8, 4) is 0 Å². The first kappa shape index (κ1) is 22.0. The summed E-state index contributed by atoms with van der Waals surface area (Å²) in [4.78, 5) is 17.1. The van der Waals surface area contributed by atoms with Gasteiger partial charge in [-0.2, -0.15) is 0 Å². The number of Topliss-reactive ketones (excluding diaryl/α,β-unsaturated/α-hetero) is 1. The number of aromatic nitrogens is 1. The smallest absolute Gasteiger partial charge is 0.238 e. The monoisotopic (exact) mass is 447 g/mol. The van der Waals surface area contributed by atoms with Crippen LogP contribution < -0.4 is 10.5 Å². The molecule has 164 valence electrons. The molecule has 0 radical (unpaired) electrons. The molecule has 0 aliphatic carbocycles. The van der Waals surface area contributed by atoms with Gasteiger partial charge in [0.15, 0.2) is 5.78 Å². The van der Waals surface area contributed by atoms with Gasteiger partial charge >= 0.3 is 0 Å². The maximum Gasteiger partial charge on any atom is 0.238 e. The Morgan fingerprint density at radius 1 is 0.969 bits per heavy atom. The minimum Gasteiger partial charge on any atom is -0.358 e. The first-order valence-electron chi connectivity index (χ1n) is 10.4. The molecule has 0 aliphatic heterocycles. The summed E-state index contributed by atoms with van der Waals surface area (Å²) in [6.45, 7) is 2.46. The molecule has 0 aliphatic rings. The van der Waals surface area contributed by atoms with Gasteiger partial charge in [-0.25, -0.2) is 13.6 Å². The second kappa shape index (κ2) is 9.08. The number of primary sulfonamides is 1. The Bertz CT molecular complexity index is 1340. The van der Waals surface area contributed by atoms with E-state index in [-0.39, 0.29) is 10.7 Å². The van der Waals surface area contributed by atoms with Crippen molar-refractivity contribution in [2.24, 2.45) is 5.14 Å². The summed E-state index contributed by atoms with van der Waals surface area (Å²) in [6, 6.07) is 23.4. The molecule has 6 nitrogen and oxygen atoms in total. The summed E-state index contributed by atoms with van der Waals surface area (Å²) in [6.07, 6.45) is 0.633. The maximum atomic E-state index is 13.7. The fraction of sp³-hybridized carbons (Fsp3) is 0.160. The van der Waals surface area contributed by atoms with Crippen molar-refractivity contribution in [2.45, 2.75) is 24.3 Å². The van der Waals surface area contributed by atoms with E-state index in [0.717, 1.165) is 27.7 Å². The summed E-state index contributed by atoms with van der Waals surface area (Å²) in [5.41, 5.74) is 4.33. The van der Waals surface area contributed by atoms with Crippen molar-refractivity contribution in [2.75, 3.05) is 6.54 Å². The Morgan fingerprint density at radius 2 is 1.62 bits per heavy atom. The third-order valence-electron chi connectivity index (χ3n) is 5.55. The van der Waals surface area contributed by atoms with Gasteiger partial charge in [0.05, 0.1) is 10.9 Å². The molecule has 1 atom stereocenters. The maximum absolute atomic E-state index is 13.7. The van der Waals surface area contributed by atoms with E-state index < -0.39 is 16.1 Å². The van der Waals surface area contributed by atoms with Crippen molar-refractivity contribution < 1.29 is 13.2 Å². The van der Waals surface area contributed by atoms with Gasteiger partial charge in [-0.3, -0.25) is 4.79 Å². The Morgan fingerprint density at radius 3 is 2.31 bits per heavy atom. The Hall–Kier alpha value is -3.26. The number of nitrogens with one attached hydrogen (secondary N) is 2. The lowest BCUT2D eigenvalue weighted by atomic mass is 9.95. The Balaban J connectivity index is 1.56. The summed E-state index contributed by atoms with van der Waals surface area (Å²) in [7, 11) is -3.71. The van der Waals surface area contributed by atoms with Crippen LogP contribution in [0.3, 0.4) is 0 Å². The molecule has 3 aromatic carbocycles. The number of ketones is 1. The highest BCUT2D eigenvalue weighted by Crippen LogP contribution is 2.27. The van der Waals surface area contributed by atoms with E-state index in [1.807, 2.05) is 61.5 Å². The van der Waals surface area contributed by atoms with Crippen molar-refractivity contribution in [3.63, 3.8) is 0 Å². The van der Waals surface area contributed by atoms with Gasteiger partial charge in [0, 0.05) is 28.7 Å². The molecular weight excluding hydrogens is 422 g/mol. The van der Waals surface area contributed by atoms with Gasteiger partial charge in [-0.15, -0.1) is 0 Å². The third-order valence-corrected chi connectivity index (χ3v) is 6.48. The van der Waals surface area contributed by atoms with E-state index in [9.17, 15) is 13.2 Å². The first-order valence-corrected chi connectivity index (χ1v) is 11.9. The number of rotatable bonds is 8. The minimum absolute atomic E-state index is 0.00993. The zero-order valence-corrected chi connectivity index (χ0v) is 18.5. The predicted octanol–water partition coefficient (Wildman–Crippen LogP) is 3.88. The van der Waals surface area contributed by atoms with Crippen LogP contribution in [0.25, 0.3) is 10.9 Å². The molecule has 4 aromatic rings. The second-order valence-corrected chi connectivity index (χ2v) is 9.33. The number of aromatic amines is 1. The zero-order valence-electron chi connectivity index (χ0n) is 17.7. The average molecular weight is 448 g/mol. The van der Waals surface area contributed by atoms with Crippen molar-refractivity contribution in [1.29, 1.82) is 0 Å². The highest BCUT2D eigenvalue weighted by atomic mass is 32.2. The number of benzene rings is 3. The van der Waals surface area contributed by atoms with E-state index in [2.05, 4.69) is 10.3 Å². The van der Waals surface area contributed by atoms with Crippen molar-refractivity contribution in [3.05, 3.63) is 101 Å². The number of H-pyrrole nitrogens is 1. The number of carbonyl (C=O) groups excluding carboxylic acids is 1. The Kier molecular flexibility index (Phi) is 6.23. The highest BCUT2D eigenvalue weighted by molar-refractivity contribution is 7.89. The van der Waals surface area contributed by atoms with Crippen LogP contribution in [0, 0.1) is 6.92 Å². The number of nitrogens with two attached hydrogens (primary N) is 1. The van der Waals surface area contributed by atoms with Crippen molar-refractivity contribution in [1.82, 2.24) is 10.3 Å². The molecule has 0 spiro atoms. The molecule has 1 aromatic heterocycles. The number of hydrogen-bond donors (Lipinski definition) is 3. The van der Waals surface area contributed by atoms with Crippen LogP contribution in [0.1, 0.15) is 33.2 Å².